The topological polar surface area (TPSA) is 51.7 Å². The summed E-state index contributed by atoms with van der Waals surface area (Å²) in [7, 11) is 5.42. The lowest BCUT2D eigenvalue weighted by Crippen LogP contribution is -2.15. The minimum absolute atomic E-state index is 0.387. The molecule has 31 heavy (non-hydrogen) atoms. The van der Waals surface area contributed by atoms with Crippen LogP contribution in [0.2, 0.25) is 5.02 Å². The Bertz CT molecular complexity index is 1070. The Morgan fingerprint density at radius 1 is 1.10 bits per heavy atom. The first kappa shape index (κ1) is 22.8. The number of aryl methyl sites for hydroxylation is 1. The van der Waals surface area contributed by atoms with Crippen LogP contribution in [0.15, 0.2) is 54.7 Å². The van der Waals surface area contributed by atoms with Crippen LogP contribution in [0.1, 0.15) is 22.3 Å². The molecule has 162 valence electrons. The molecule has 5 nitrogen and oxygen atoms in total. The molecule has 0 spiro atoms. The van der Waals surface area contributed by atoms with E-state index in [0.717, 1.165) is 40.9 Å². The third-order valence-corrected chi connectivity index (χ3v) is 5.27. The Labute approximate surface area is 188 Å². The Morgan fingerprint density at radius 2 is 1.87 bits per heavy atom. The number of hydrogen-bond donors (Lipinski definition) is 0. The van der Waals surface area contributed by atoms with Gasteiger partial charge >= 0.3 is 5.97 Å². The van der Waals surface area contributed by atoms with Crippen LogP contribution in [-0.2, 0) is 4.74 Å². The largest absolute Gasteiger partial charge is 0.492 e. The van der Waals surface area contributed by atoms with Crippen molar-refractivity contribution < 1.29 is 14.3 Å². The quantitative estimate of drug-likeness (QED) is 0.343. The third-order valence-electron chi connectivity index (χ3n) is 4.96. The number of carbonyl (C=O) groups is 1. The maximum atomic E-state index is 12.2. The lowest BCUT2D eigenvalue weighted by Gasteiger charge is -2.15. The molecule has 2 aromatic carbocycles. The number of aromatic nitrogens is 1. The molecule has 0 unspecified atom stereocenters. The van der Waals surface area contributed by atoms with Crippen LogP contribution in [0.4, 0.5) is 0 Å². The zero-order valence-electron chi connectivity index (χ0n) is 18.3. The molecule has 0 amide bonds. The highest BCUT2D eigenvalue weighted by molar-refractivity contribution is 6.32. The summed E-state index contributed by atoms with van der Waals surface area (Å²) in [6, 6.07) is 15.5. The van der Waals surface area contributed by atoms with Gasteiger partial charge in [-0.25, -0.2) is 4.79 Å². The second kappa shape index (κ2) is 10.4. The van der Waals surface area contributed by atoms with Crippen LogP contribution in [0.5, 0.6) is 5.75 Å². The van der Waals surface area contributed by atoms with Crippen molar-refractivity contribution in [1.82, 2.24) is 9.88 Å². The Hall–Kier alpha value is -2.89. The number of rotatable bonds is 8. The van der Waals surface area contributed by atoms with Crippen LogP contribution in [0, 0.1) is 6.92 Å². The fourth-order valence-corrected chi connectivity index (χ4v) is 3.48. The number of halogens is 1. The maximum absolute atomic E-state index is 12.2. The summed E-state index contributed by atoms with van der Waals surface area (Å²) in [5.41, 5.74) is 4.94. The van der Waals surface area contributed by atoms with Gasteiger partial charge in [-0.15, -0.1) is 0 Å². The molecule has 0 N–H and O–H groups in total. The number of methoxy groups -OCH3 is 1. The first-order valence-corrected chi connectivity index (χ1v) is 10.5. The van der Waals surface area contributed by atoms with Crippen LogP contribution < -0.4 is 4.74 Å². The number of pyridine rings is 1. The SMILES string of the molecule is COC(=O)c1cnc(-c2ccccc2C)c(-c2ccc(Cl)c(OCCCN(C)C)c2)c1. The van der Waals surface area contributed by atoms with Gasteiger partial charge in [0.15, 0.2) is 0 Å². The van der Waals surface area contributed by atoms with Crippen LogP contribution in [-0.4, -0.2) is 50.2 Å². The fourth-order valence-electron chi connectivity index (χ4n) is 3.31. The molecule has 0 atom stereocenters. The molecule has 0 saturated carbocycles. The van der Waals surface area contributed by atoms with E-state index in [4.69, 9.17) is 21.1 Å². The van der Waals surface area contributed by atoms with Crippen molar-refractivity contribution >= 4 is 17.6 Å². The van der Waals surface area contributed by atoms with Gasteiger partial charge in [-0.05, 0) is 56.8 Å². The van der Waals surface area contributed by atoms with Gasteiger partial charge in [0.05, 0.1) is 30.0 Å². The average Bonchev–Trinajstić information content (AvgIpc) is 2.77. The van der Waals surface area contributed by atoms with Gasteiger partial charge in [-0.2, -0.15) is 0 Å². The van der Waals surface area contributed by atoms with E-state index in [1.807, 2.05) is 63.5 Å². The molecule has 0 aliphatic rings. The predicted octanol–water partition coefficient (Wildman–Crippen LogP) is 5.49. The zero-order chi connectivity index (χ0) is 22.4. The number of benzene rings is 2. The van der Waals surface area contributed by atoms with Crippen molar-refractivity contribution in [2.24, 2.45) is 0 Å². The van der Waals surface area contributed by atoms with Crippen LogP contribution >= 0.6 is 11.6 Å². The minimum atomic E-state index is -0.431. The third kappa shape index (κ3) is 5.63. The van der Waals surface area contributed by atoms with Crippen molar-refractivity contribution in [3.63, 3.8) is 0 Å². The summed E-state index contributed by atoms with van der Waals surface area (Å²) >= 11 is 6.39. The summed E-state index contributed by atoms with van der Waals surface area (Å²) in [4.78, 5) is 18.9. The predicted molar refractivity (Wildman–Crippen MR) is 125 cm³/mol. The standard InChI is InChI=1S/C25H27ClN2O3/c1-17-8-5-6-9-20(17)24-21(14-19(16-27-24)25(29)30-4)18-10-11-22(26)23(15-18)31-13-7-12-28(2)3/h5-6,8-11,14-16H,7,12-13H2,1-4H3. The molecule has 0 aliphatic heterocycles. The van der Waals surface area contributed by atoms with Crippen molar-refractivity contribution in [3.8, 4) is 28.1 Å². The normalized spacial score (nSPS) is 10.9. The first-order chi connectivity index (χ1) is 14.9. The van der Waals surface area contributed by atoms with Gasteiger partial charge in [-0.1, -0.05) is 41.9 Å². The monoisotopic (exact) mass is 438 g/mol. The molecule has 0 radical (unpaired) electrons. The van der Waals surface area contributed by atoms with Crippen LogP contribution in [0.25, 0.3) is 22.4 Å². The molecule has 3 aromatic rings. The van der Waals surface area contributed by atoms with Crippen molar-refractivity contribution in [2.75, 3.05) is 34.4 Å². The first-order valence-electron chi connectivity index (χ1n) is 10.1. The number of hydrogen-bond acceptors (Lipinski definition) is 5. The molecule has 0 saturated heterocycles. The van der Waals surface area contributed by atoms with E-state index in [1.54, 1.807) is 12.3 Å². The van der Waals surface area contributed by atoms with Gasteiger partial charge < -0.3 is 14.4 Å². The molecular weight excluding hydrogens is 412 g/mol. The average molecular weight is 439 g/mol. The van der Waals surface area contributed by atoms with E-state index in [0.29, 0.717) is 22.9 Å². The summed E-state index contributed by atoms with van der Waals surface area (Å²) in [5, 5.41) is 0.545. The number of nitrogens with zero attached hydrogens (tertiary/aromatic N) is 2. The van der Waals surface area contributed by atoms with Crippen molar-refractivity contribution in [3.05, 3.63) is 70.9 Å². The molecule has 0 bridgehead atoms. The summed E-state index contributed by atoms with van der Waals surface area (Å²) in [5.74, 6) is 0.177. The minimum Gasteiger partial charge on any atom is -0.492 e. The molecule has 1 aromatic heterocycles. The molecule has 1 heterocycles. The van der Waals surface area contributed by atoms with Crippen molar-refractivity contribution in [2.45, 2.75) is 13.3 Å². The zero-order valence-corrected chi connectivity index (χ0v) is 19.1. The van der Waals surface area contributed by atoms with Crippen molar-refractivity contribution in [1.29, 1.82) is 0 Å². The number of carbonyl (C=O) groups excluding carboxylic acids is 1. The van der Waals surface area contributed by atoms with E-state index in [1.165, 1.54) is 7.11 Å². The molecule has 0 fully saturated rings. The Balaban J connectivity index is 2.04. The van der Waals surface area contributed by atoms with Crippen LogP contribution in [0.3, 0.4) is 0 Å². The molecule has 6 heteroatoms. The Morgan fingerprint density at radius 3 is 2.58 bits per heavy atom. The molecular formula is C25H27ClN2O3. The van der Waals surface area contributed by atoms with Gasteiger partial charge in [0.2, 0.25) is 0 Å². The highest BCUT2D eigenvalue weighted by Crippen LogP contribution is 2.36. The summed E-state index contributed by atoms with van der Waals surface area (Å²) in [6.45, 7) is 3.53. The second-order valence-corrected chi connectivity index (χ2v) is 7.98. The van der Waals surface area contributed by atoms with Gasteiger partial charge in [0.1, 0.15) is 5.75 Å². The van der Waals surface area contributed by atoms with E-state index in [2.05, 4.69) is 9.88 Å². The molecule has 0 aliphatic carbocycles. The second-order valence-electron chi connectivity index (χ2n) is 7.58. The lowest BCUT2D eigenvalue weighted by atomic mass is 9.95. The highest BCUT2D eigenvalue weighted by Gasteiger charge is 2.17. The van der Waals surface area contributed by atoms with E-state index in [-0.39, 0.29) is 0 Å². The van der Waals surface area contributed by atoms with E-state index < -0.39 is 5.97 Å². The molecule has 3 rings (SSSR count). The number of esters is 1. The van der Waals surface area contributed by atoms with Gasteiger partial charge in [0.25, 0.3) is 0 Å². The summed E-state index contributed by atoms with van der Waals surface area (Å²) in [6.07, 6.45) is 2.44. The van der Waals surface area contributed by atoms with Gasteiger partial charge in [0, 0.05) is 23.9 Å². The maximum Gasteiger partial charge on any atom is 0.339 e. The highest BCUT2D eigenvalue weighted by atomic mass is 35.5. The van der Waals surface area contributed by atoms with Gasteiger partial charge in [-0.3, -0.25) is 4.98 Å². The number of ether oxygens (including phenoxy) is 2. The fraction of sp³-hybridized carbons (Fsp3) is 0.280. The van der Waals surface area contributed by atoms with E-state index in [9.17, 15) is 4.79 Å². The summed E-state index contributed by atoms with van der Waals surface area (Å²) < 4.78 is 10.8. The lowest BCUT2D eigenvalue weighted by molar-refractivity contribution is 0.0600. The smallest absolute Gasteiger partial charge is 0.339 e. The Kier molecular flexibility index (Phi) is 7.66. The van der Waals surface area contributed by atoms with E-state index >= 15 is 0 Å².